The van der Waals surface area contributed by atoms with Gasteiger partial charge in [-0.25, -0.2) is 4.39 Å². The van der Waals surface area contributed by atoms with E-state index in [4.69, 9.17) is 5.11 Å². The Labute approximate surface area is 195 Å². The zero-order chi connectivity index (χ0) is 23.2. The summed E-state index contributed by atoms with van der Waals surface area (Å²) < 4.78 is 14.4. The third kappa shape index (κ3) is 5.72. The number of hydrogen-bond donors (Lipinski definition) is 2. The van der Waals surface area contributed by atoms with Crippen LogP contribution < -0.4 is 10.2 Å². The Kier molecular flexibility index (Phi) is 7.28. The number of benzene rings is 3. The first kappa shape index (κ1) is 22.8. The first-order valence-corrected chi connectivity index (χ1v) is 11.7. The fourth-order valence-corrected chi connectivity index (χ4v) is 4.63. The number of aliphatic carboxylic acids is 1. The van der Waals surface area contributed by atoms with Crippen LogP contribution in [-0.4, -0.2) is 24.2 Å². The normalized spacial score (nSPS) is 13.0. The van der Waals surface area contributed by atoms with Crippen molar-refractivity contribution < 1.29 is 14.3 Å². The van der Waals surface area contributed by atoms with Crippen molar-refractivity contribution in [1.82, 2.24) is 0 Å². The summed E-state index contributed by atoms with van der Waals surface area (Å²) in [7, 11) is 0. The Hall–Kier alpha value is -3.34. The van der Waals surface area contributed by atoms with E-state index in [1.165, 1.54) is 40.4 Å². The molecule has 4 nitrogen and oxygen atoms in total. The second kappa shape index (κ2) is 10.5. The summed E-state index contributed by atoms with van der Waals surface area (Å²) in [6.45, 7) is 4.87. The van der Waals surface area contributed by atoms with Gasteiger partial charge in [0.25, 0.3) is 0 Å². The Morgan fingerprint density at radius 3 is 2.61 bits per heavy atom. The van der Waals surface area contributed by atoms with Crippen LogP contribution in [0, 0.1) is 12.7 Å². The number of anilines is 2. The molecule has 5 heteroatoms. The van der Waals surface area contributed by atoms with Crippen molar-refractivity contribution in [1.29, 1.82) is 0 Å². The number of fused-ring (bicyclic) bond motifs is 1. The second-order valence-electron chi connectivity index (χ2n) is 8.74. The second-order valence-corrected chi connectivity index (χ2v) is 8.74. The van der Waals surface area contributed by atoms with Gasteiger partial charge in [-0.1, -0.05) is 48.5 Å². The predicted molar refractivity (Wildman–Crippen MR) is 132 cm³/mol. The van der Waals surface area contributed by atoms with E-state index < -0.39 is 5.97 Å². The summed E-state index contributed by atoms with van der Waals surface area (Å²) in [5.74, 6) is -1.28. The molecule has 1 aliphatic heterocycles. The van der Waals surface area contributed by atoms with Crippen LogP contribution in [0.4, 0.5) is 15.8 Å². The molecule has 0 aliphatic carbocycles. The van der Waals surface area contributed by atoms with Crippen molar-refractivity contribution in [2.45, 2.75) is 45.6 Å². The lowest BCUT2D eigenvalue weighted by molar-refractivity contribution is -0.136. The molecule has 0 unspecified atom stereocenters. The molecule has 0 aromatic heterocycles. The molecule has 0 amide bonds. The topological polar surface area (TPSA) is 52.6 Å². The molecule has 1 aliphatic rings. The molecule has 0 saturated carbocycles. The van der Waals surface area contributed by atoms with Crippen molar-refractivity contribution in [3.8, 4) is 0 Å². The van der Waals surface area contributed by atoms with Crippen LogP contribution in [0.25, 0.3) is 0 Å². The van der Waals surface area contributed by atoms with Crippen LogP contribution in [0.3, 0.4) is 0 Å². The molecule has 1 heterocycles. The molecule has 0 atom stereocenters. The van der Waals surface area contributed by atoms with E-state index in [1.54, 1.807) is 6.07 Å². The molecular weight excluding hydrogens is 415 g/mol. The van der Waals surface area contributed by atoms with Gasteiger partial charge >= 0.3 is 5.97 Å². The molecule has 0 bridgehead atoms. The first-order valence-electron chi connectivity index (χ1n) is 11.7. The van der Waals surface area contributed by atoms with Crippen molar-refractivity contribution in [2.24, 2.45) is 0 Å². The molecule has 0 radical (unpaired) electrons. The lowest BCUT2D eigenvalue weighted by atomic mass is 9.94. The van der Waals surface area contributed by atoms with Gasteiger partial charge in [-0.15, -0.1) is 0 Å². The molecule has 3 aromatic rings. The van der Waals surface area contributed by atoms with E-state index in [2.05, 4.69) is 59.6 Å². The van der Waals surface area contributed by atoms with Crippen molar-refractivity contribution in [2.75, 3.05) is 23.3 Å². The molecule has 2 N–H and O–H groups in total. The number of nitrogens with one attached hydrogen (secondary N) is 1. The highest BCUT2D eigenvalue weighted by atomic mass is 19.1. The highest BCUT2D eigenvalue weighted by Gasteiger charge is 2.20. The van der Waals surface area contributed by atoms with Gasteiger partial charge in [0.1, 0.15) is 5.82 Å². The molecule has 33 heavy (non-hydrogen) atoms. The summed E-state index contributed by atoms with van der Waals surface area (Å²) in [4.78, 5) is 13.3. The zero-order valence-corrected chi connectivity index (χ0v) is 19.1. The van der Waals surface area contributed by atoms with Gasteiger partial charge in [-0.2, -0.15) is 0 Å². The average Bonchev–Trinajstić information content (AvgIpc) is 2.82. The first-order chi connectivity index (χ1) is 16.0. The van der Waals surface area contributed by atoms with Gasteiger partial charge in [-0.3, -0.25) is 4.79 Å². The zero-order valence-electron chi connectivity index (χ0n) is 19.1. The number of carboxylic acid groups (broad SMARTS) is 1. The number of carboxylic acids is 1. The fraction of sp³-hybridized carbons (Fsp3) is 0.321. The maximum atomic E-state index is 14.4. The van der Waals surface area contributed by atoms with E-state index in [1.807, 2.05) is 6.07 Å². The highest BCUT2D eigenvalue weighted by Crippen LogP contribution is 2.33. The minimum atomic E-state index is -0.919. The SMILES string of the molecule is Cc1c(CNc2ccc(CCC(=O)O)c(F)c2)ccc2c1N(CCc1ccccc1)CCC2. The number of hydrogen-bond acceptors (Lipinski definition) is 3. The smallest absolute Gasteiger partial charge is 0.303 e. The van der Waals surface area contributed by atoms with Crippen LogP contribution in [0.15, 0.2) is 60.7 Å². The molecular formula is C28H31FN2O2. The van der Waals surface area contributed by atoms with Crippen LogP contribution in [0.2, 0.25) is 0 Å². The van der Waals surface area contributed by atoms with E-state index >= 15 is 0 Å². The van der Waals surface area contributed by atoms with Gasteiger partial charge in [0.05, 0.1) is 0 Å². The third-order valence-corrected chi connectivity index (χ3v) is 6.47. The fourth-order valence-electron chi connectivity index (χ4n) is 4.63. The maximum Gasteiger partial charge on any atom is 0.303 e. The molecule has 0 spiro atoms. The highest BCUT2D eigenvalue weighted by molar-refractivity contribution is 5.67. The molecule has 0 saturated heterocycles. The van der Waals surface area contributed by atoms with Crippen LogP contribution >= 0.6 is 0 Å². The standard InChI is InChI=1S/C28H31FN2O2/c1-20-24(19-30-25-13-11-22(26(29)18-25)12-14-27(32)33)10-9-23-8-5-16-31(28(20)23)17-15-21-6-3-2-4-7-21/h2-4,6-7,9-11,13,18,30H,5,8,12,14-17,19H2,1H3,(H,32,33). The van der Waals surface area contributed by atoms with Crippen LogP contribution in [-0.2, 0) is 30.6 Å². The quantitative estimate of drug-likeness (QED) is 0.439. The number of aryl methyl sites for hydroxylation is 2. The molecule has 172 valence electrons. The van der Waals surface area contributed by atoms with Crippen LogP contribution in [0.1, 0.15) is 40.7 Å². The van der Waals surface area contributed by atoms with Gasteiger partial charge in [-0.05, 0) is 72.6 Å². The van der Waals surface area contributed by atoms with E-state index in [0.717, 1.165) is 25.9 Å². The van der Waals surface area contributed by atoms with E-state index in [9.17, 15) is 9.18 Å². The largest absolute Gasteiger partial charge is 0.481 e. The summed E-state index contributed by atoms with van der Waals surface area (Å²) in [5, 5.41) is 12.2. The molecule has 4 rings (SSSR count). The summed E-state index contributed by atoms with van der Waals surface area (Å²) in [6, 6.07) is 20.0. The summed E-state index contributed by atoms with van der Waals surface area (Å²) in [6.07, 6.45) is 3.43. The maximum absolute atomic E-state index is 14.4. The Balaban J connectivity index is 1.45. The Morgan fingerprint density at radius 2 is 1.85 bits per heavy atom. The number of rotatable bonds is 9. The Morgan fingerprint density at radius 1 is 1.06 bits per heavy atom. The minimum absolute atomic E-state index is 0.0706. The number of halogens is 1. The number of carbonyl (C=O) groups is 1. The monoisotopic (exact) mass is 446 g/mol. The lowest BCUT2D eigenvalue weighted by Gasteiger charge is -2.34. The van der Waals surface area contributed by atoms with Gasteiger partial charge < -0.3 is 15.3 Å². The predicted octanol–water partition coefficient (Wildman–Crippen LogP) is 5.76. The van der Waals surface area contributed by atoms with E-state index in [-0.39, 0.29) is 18.7 Å². The Bertz CT molecular complexity index is 1110. The minimum Gasteiger partial charge on any atom is -0.481 e. The average molecular weight is 447 g/mol. The summed E-state index contributed by atoms with van der Waals surface area (Å²) >= 11 is 0. The van der Waals surface area contributed by atoms with E-state index in [0.29, 0.717) is 17.8 Å². The lowest BCUT2D eigenvalue weighted by Crippen LogP contribution is -2.32. The van der Waals surface area contributed by atoms with Gasteiger partial charge in [0.2, 0.25) is 0 Å². The van der Waals surface area contributed by atoms with Crippen molar-refractivity contribution in [3.63, 3.8) is 0 Å². The summed E-state index contributed by atoms with van der Waals surface area (Å²) in [5.41, 5.74) is 7.73. The third-order valence-electron chi connectivity index (χ3n) is 6.47. The van der Waals surface area contributed by atoms with Crippen LogP contribution in [0.5, 0.6) is 0 Å². The van der Waals surface area contributed by atoms with Crippen molar-refractivity contribution in [3.05, 3.63) is 94.3 Å². The van der Waals surface area contributed by atoms with Gasteiger partial charge in [0.15, 0.2) is 0 Å². The van der Waals surface area contributed by atoms with Crippen molar-refractivity contribution >= 4 is 17.3 Å². The number of nitrogens with zero attached hydrogens (tertiary/aromatic N) is 1. The molecule has 3 aromatic carbocycles. The molecule has 0 fully saturated rings. The van der Waals surface area contributed by atoms with Gasteiger partial charge in [0, 0.05) is 37.4 Å².